The molecule has 26 heavy (non-hydrogen) atoms. The molecule has 4 heterocycles. The van der Waals surface area contributed by atoms with Gasteiger partial charge in [-0.2, -0.15) is 0 Å². The van der Waals surface area contributed by atoms with Crippen molar-refractivity contribution in [3.8, 4) is 5.82 Å². The van der Waals surface area contributed by atoms with Crippen molar-refractivity contribution in [3.63, 3.8) is 0 Å². The van der Waals surface area contributed by atoms with Crippen LogP contribution in [0, 0.1) is 0 Å². The lowest BCUT2D eigenvalue weighted by Crippen LogP contribution is -2.37. The van der Waals surface area contributed by atoms with Crippen molar-refractivity contribution in [2.45, 2.75) is 33.2 Å². The van der Waals surface area contributed by atoms with E-state index >= 15 is 0 Å². The molecular weight excluding hydrogens is 348 g/mol. The van der Waals surface area contributed by atoms with Crippen LogP contribution in [-0.4, -0.2) is 45.2 Å². The lowest BCUT2D eigenvalue weighted by atomic mass is 10.1. The van der Waals surface area contributed by atoms with Crippen molar-refractivity contribution in [1.29, 1.82) is 0 Å². The van der Waals surface area contributed by atoms with Crippen LogP contribution in [0.2, 0.25) is 5.02 Å². The molecule has 4 rings (SSSR count). The van der Waals surface area contributed by atoms with Gasteiger partial charge in [0.1, 0.15) is 18.0 Å². The molecule has 0 aromatic carbocycles. The Hall–Kier alpha value is -2.34. The van der Waals surface area contributed by atoms with E-state index in [9.17, 15) is 0 Å². The first-order chi connectivity index (χ1) is 12.6. The molecule has 0 N–H and O–H groups in total. The fourth-order valence-electron chi connectivity index (χ4n) is 3.50. The maximum atomic E-state index is 6.19. The highest BCUT2D eigenvalue weighted by molar-refractivity contribution is 6.30. The average Bonchev–Trinajstić information content (AvgIpc) is 2.94. The van der Waals surface area contributed by atoms with Gasteiger partial charge in [-0.3, -0.25) is 4.57 Å². The van der Waals surface area contributed by atoms with Crippen LogP contribution >= 0.6 is 11.6 Å². The van der Waals surface area contributed by atoms with Crippen LogP contribution in [0.5, 0.6) is 0 Å². The molecule has 0 aliphatic carbocycles. The minimum Gasteiger partial charge on any atom is -0.369 e. The minimum atomic E-state index is 0.356. The molecule has 1 saturated heterocycles. The molecule has 1 aliphatic heterocycles. The van der Waals surface area contributed by atoms with Crippen molar-refractivity contribution in [3.05, 3.63) is 35.9 Å². The first-order valence-electron chi connectivity index (χ1n) is 9.09. The standard InChI is InChI=1S/C19H23ClN6/c1-4-25(13(2)3)18-17-15(24-8-5-9-24)11-26(19(17)23-12-22-18)16-10-14(20)6-7-21-16/h6-7,10-13H,4-5,8-9H2,1-3H3. The minimum absolute atomic E-state index is 0.356. The fourth-order valence-corrected chi connectivity index (χ4v) is 3.66. The Morgan fingerprint density at radius 1 is 1.23 bits per heavy atom. The number of hydrogen-bond acceptors (Lipinski definition) is 5. The number of pyridine rings is 1. The summed E-state index contributed by atoms with van der Waals surface area (Å²) >= 11 is 6.19. The van der Waals surface area contributed by atoms with Crippen LogP contribution in [-0.2, 0) is 0 Å². The topological polar surface area (TPSA) is 50.1 Å². The molecule has 0 bridgehead atoms. The maximum Gasteiger partial charge on any atom is 0.153 e. The SMILES string of the molecule is CCN(c1ncnc2c1c(N1CCC1)cn2-c1cc(Cl)ccn1)C(C)C. The highest BCUT2D eigenvalue weighted by Gasteiger charge is 2.26. The number of nitrogens with zero attached hydrogens (tertiary/aromatic N) is 6. The van der Waals surface area contributed by atoms with E-state index in [0.29, 0.717) is 11.1 Å². The van der Waals surface area contributed by atoms with E-state index in [1.807, 2.05) is 10.6 Å². The predicted octanol–water partition coefficient (Wildman–Crippen LogP) is 3.91. The Bertz CT molecular complexity index is 931. The smallest absolute Gasteiger partial charge is 0.153 e. The zero-order valence-electron chi connectivity index (χ0n) is 15.4. The van der Waals surface area contributed by atoms with Crippen LogP contribution in [0.15, 0.2) is 30.9 Å². The second kappa shape index (κ2) is 6.76. The Morgan fingerprint density at radius 3 is 2.65 bits per heavy atom. The Labute approximate surface area is 158 Å². The summed E-state index contributed by atoms with van der Waals surface area (Å²) in [7, 11) is 0. The summed E-state index contributed by atoms with van der Waals surface area (Å²) in [5, 5.41) is 1.75. The molecule has 3 aromatic rings. The molecule has 0 saturated carbocycles. The lowest BCUT2D eigenvalue weighted by molar-refractivity contribution is 0.619. The highest BCUT2D eigenvalue weighted by Crippen LogP contribution is 2.38. The zero-order chi connectivity index (χ0) is 18.3. The molecule has 0 radical (unpaired) electrons. The van der Waals surface area contributed by atoms with Crippen molar-refractivity contribution in [2.75, 3.05) is 29.4 Å². The fraction of sp³-hybridized carbons (Fsp3) is 0.421. The van der Waals surface area contributed by atoms with E-state index in [1.54, 1.807) is 18.6 Å². The number of fused-ring (bicyclic) bond motifs is 1. The molecule has 3 aromatic heterocycles. The normalized spacial score (nSPS) is 14.1. The molecular formula is C19H23ClN6. The second-order valence-corrected chi connectivity index (χ2v) is 7.27. The van der Waals surface area contributed by atoms with Gasteiger partial charge in [0, 0.05) is 49.2 Å². The van der Waals surface area contributed by atoms with Crippen LogP contribution < -0.4 is 9.80 Å². The van der Waals surface area contributed by atoms with Crippen LogP contribution in [0.4, 0.5) is 11.5 Å². The second-order valence-electron chi connectivity index (χ2n) is 6.83. The van der Waals surface area contributed by atoms with Gasteiger partial charge in [0.25, 0.3) is 0 Å². The summed E-state index contributed by atoms with van der Waals surface area (Å²) in [6, 6.07) is 4.00. The third kappa shape index (κ3) is 2.78. The van der Waals surface area contributed by atoms with E-state index in [-0.39, 0.29) is 0 Å². The first-order valence-corrected chi connectivity index (χ1v) is 9.47. The van der Waals surface area contributed by atoms with E-state index < -0.39 is 0 Å². The van der Waals surface area contributed by atoms with Gasteiger partial charge in [-0.25, -0.2) is 15.0 Å². The number of aromatic nitrogens is 4. The Morgan fingerprint density at radius 2 is 2.04 bits per heavy atom. The Balaban J connectivity index is 1.98. The van der Waals surface area contributed by atoms with Gasteiger partial charge in [0.15, 0.2) is 5.65 Å². The third-order valence-electron chi connectivity index (χ3n) is 4.93. The molecule has 7 heteroatoms. The monoisotopic (exact) mass is 370 g/mol. The third-order valence-corrected chi connectivity index (χ3v) is 5.17. The lowest BCUT2D eigenvalue weighted by Gasteiger charge is -2.33. The first kappa shape index (κ1) is 17.1. The summed E-state index contributed by atoms with van der Waals surface area (Å²) in [4.78, 5) is 18.4. The Kier molecular flexibility index (Phi) is 4.44. The molecule has 0 spiro atoms. The van der Waals surface area contributed by atoms with Crippen molar-refractivity contribution in [1.82, 2.24) is 19.5 Å². The summed E-state index contributed by atoms with van der Waals surface area (Å²) in [5.74, 6) is 1.75. The average molecular weight is 371 g/mol. The van der Waals surface area contributed by atoms with Crippen molar-refractivity contribution >= 4 is 34.1 Å². The summed E-state index contributed by atoms with van der Waals surface area (Å²) in [6.45, 7) is 9.55. The van der Waals surface area contributed by atoms with Gasteiger partial charge >= 0.3 is 0 Å². The quantitative estimate of drug-likeness (QED) is 0.681. The summed E-state index contributed by atoms with van der Waals surface area (Å²) < 4.78 is 2.02. The van der Waals surface area contributed by atoms with Crippen LogP contribution in [0.25, 0.3) is 16.9 Å². The highest BCUT2D eigenvalue weighted by atomic mass is 35.5. The predicted molar refractivity (Wildman–Crippen MR) is 107 cm³/mol. The molecule has 136 valence electrons. The summed E-state index contributed by atoms with van der Waals surface area (Å²) in [6.07, 6.45) is 6.70. The number of anilines is 2. The molecule has 6 nitrogen and oxygen atoms in total. The van der Waals surface area contributed by atoms with Gasteiger partial charge in [-0.15, -0.1) is 0 Å². The largest absolute Gasteiger partial charge is 0.369 e. The van der Waals surface area contributed by atoms with Gasteiger partial charge in [0.05, 0.1) is 11.1 Å². The van der Waals surface area contributed by atoms with Gasteiger partial charge in [-0.05, 0) is 33.3 Å². The van der Waals surface area contributed by atoms with Crippen molar-refractivity contribution < 1.29 is 0 Å². The van der Waals surface area contributed by atoms with Gasteiger partial charge in [-0.1, -0.05) is 11.6 Å². The van der Waals surface area contributed by atoms with E-state index in [0.717, 1.165) is 42.3 Å². The van der Waals surface area contributed by atoms with E-state index in [4.69, 9.17) is 11.6 Å². The number of hydrogen-bond donors (Lipinski definition) is 0. The van der Waals surface area contributed by atoms with Crippen LogP contribution in [0.3, 0.4) is 0 Å². The zero-order valence-corrected chi connectivity index (χ0v) is 16.1. The van der Waals surface area contributed by atoms with E-state index in [1.165, 1.54) is 12.1 Å². The van der Waals surface area contributed by atoms with E-state index in [2.05, 4.69) is 51.7 Å². The number of halogens is 1. The van der Waals surface area contributed by atoms with Crippen molar-refractivity contribution in [2.24, 2.45) is 0 Å². The molecule has 1 fully saturated rings. The van der Waals surface area contributed by atoms with Gasteiger partial charge in [0.2, 0.25) is 0 Å². The molecule has 1 aliphatic rings. The summed E-state index contributed by atoms with van der Waals surface area (Å²) in [5.41, 5.74) is 2.04. The number of rotatable bonds is 5. The maximum absolute atomic E-state index is 6.19. The molecule has 0 amide bonds. The molecule has 0 atom stereocenters. The van der Waals surface area contributed by atoms with Gasteiger partial charge < -0.3 is 9.80 Å². The van der Waals surface area contributed by atoms with Crippen LogP contribution in [0.1, 0.15) is 27.2 Å². The molecule has 0 unspecified atom stereocenters.